The van der Waals surface area contributed by atoms with Gasteiger partial charge in [-0.05, 0) is 42.7 Å². The molecule has 0 aliphatic rings. The molecule has 0 saturated carbocycles. The number of aryl methyl sites for hydroxylation is 1. The zero-order chi connectivity index (χ0) is 18.5. The van der Waals surface area contributed by atoms with E-state index in [9.17, 15) is 4.79 Å². The Morgan fingerprint density at radius 2 is 1.85 bits per heavy atom. The predicted octanol–water partition coefficient (Wildman–Crippen LogP) is 4.66. The highest BCUT2D eigenvalue weighted by Gasteiger charge is 2.17. The fourth-order valence-corrected chi connectivity index (χ4v) is 3.68. The van der Waals surface area contributed by atoms with E-state index in [0.29, 0.717) is 11.4 Å². The molecule has 0 radical (unpaired) electrons. The molecule has 5 heteroatoms. The zero-order valence-electron chi connectivity index (χ0n) is 15.2. The molecule has 4 nitrogen and oxygen atoms in total. The van der Waals surface area contributed by atoms with Crippen LogP contribution in [-0.2, 0) is 0 Å². The fraction of sp³-hybridized carbons (Fsp3) is 0.238. The number of benzene rings is 2. The summed E-state index contributed by atoms with van der Waals surface area (Å²) in [5.74, 6) is 0.992. The van der Waals surface area contributed by atoms with Crippen LogP contribution in [0, 0.1) is 6.92 Å². The first-order chi connectivity index (χ1) is 12.6. The molecular weight excluding hydrogens is 344 g/mol. The van der Waals surface area contributed by atoms with Crippen LogP contribution >= 0.6 is 11.3 Å². The first-order valence-corrected chi connectivity index (χ1v) is 9.35. The van der Waals surface area contributed by atoms with Crippen LogP contribution in [0.25, 0.3) is 10.6 Å². The maximum atomic E-state index is 12.6. The van der Waals surface area contributed by atoms with Gasteiger partial charge < -0.3 is 10.1 Å². The van der Waals surface area contributed by atoms with E-state index in [-0.39, 0.29) is 11.8 Å². The number of hydrogen-bond donors (Lipinski definition) is 1. The average molecular weight is 366 g/mol. The Morgan fingerprint density at radius 3 is 2.50 bits per heavy atom. The lowest BCUT2D eigenvalue weighted by atomic mass is 10.0. The summed E-state index contributed by atoms with van der Waals surface area (Å²) in [7, 11) is 1.64. The SMILES string of the molecule is COc1ccc(-c2nc(C)c(C(=O)NC[C@@H](C)c3ccccc3)s2)cc1. The second kappa shape index (κ2) is 8.15. The number of nitrogens with zero attached hydrogens (tertiary/aromatic N) is 1. The lowest BCUT2D eigenvalue weighted by Gasteiger charge is -2.12. The summed E-state index contributed by atoms with van der Waals surface area (Å²) in [6.07, 6.45) is 0. The van der Waals surface area contributed by atoms with Crippen LogP contribution in [-0.4, -0.2) is 24.5 Å². The molecule has 2 aromatic carbocycles. The van der Waals surface area contributed by atoms with E-state index in [1.807, 2.05) is 49.4 Å². The summed E-state index contributed by atoms with van der Waals surface area (Å²) >= 11 is 1.42. The van der Waals surface area contributed by atoms with Crippen molar-refractivity contribution in [1.29, 1.82) is 0 Å². The van der Waals surface area contributed by atoms with Crippen LogP contribution in [0.5, 0.6) is 5.75 Å². The van der Waals surface area contributed by atoms with Crippen molar-refractivity contribution in [2.75, 3.05) is 13.7 Å². The van der Waals surface area contributed by atoms with Crippen LogP contribution in [0.4, 0.5) is 0 Å². The maximum absolute atomic E-state index is 12.6. The van der Waals surface area contributed by atoms with Crippen molar-refractivity contribution in [1.82, 2.24) is 10.3 Å². The van der Waals surface area contributed by atoms with E-state index in [1.54, 1.807) is 7.11 Å². The number of nitrogens with one attached hydrogen (secondary N) is 1. The Hall–Kier alpha value is -2.66. The Labute approximate surface area is 157 Å². The van der Waals surface area contributed by atoms with Crippen LogP contribution in [0.3, 0.4) is 0 Å². The summed E-state index contributed by atoms with van der Waals surface area (Å²) in [6.45, 7) is 4.58. The number of carbonyl (C=O) groups excluding carboxylic acids is 1. The standard InChI is InChI=1S/C21H22N2O2S/c1-14(16-7-5-4-6-8-16)13-22-20(24)19-15(2)23-21(26-19)17-9-11-18(25-3)12-10-17/h4-12,14H,13H2,1-3H3,(H,22,24)/t14-/m1/s1. The molecule has 1 aromatic heterocycles. The molecule has 3 aromatic rings. The molecule has 0 saturated heterocycles. The van der Waals surface area contributed by atoms with Crippen molar-refractivity contribution in [2.45, 2.75) is 19.8 Å². The van der Waals surface area contributed by atoms with Crippen molar-refractivity contribution in [3.8, 4) is 16.3 Å². The molecule has 1 atom stereocenters. The molecule has 3 rings (SSSR count). The number of carbonyl (C=O) groups is 1. The highest BCUT2D eigenvalue weighted by Crippen LogP contribution is 2.29. The quantitative estimate of drug-likeness (QED) is 0.690. The van der Waals surface area contributed by atoms with Gasteiger partial charge in [-0.1, -0.05) is 37.3 Å². The number of thiazole rings is 1. The molecule has 26 heavy (non-hydrogen) atoms. The second-order valence-electron chi connectivity index (χ2n) is 6.18. The first kappa shape index (κ1) is 18.1. The topological polar surface area (TPSA) is 51.2 Å². The van der Waals surface area contributed by atoms with E-state index in [4.69, 9.17) is 4.74 Å². The number of rotatable bonds is 6. The zero-order valence-corrected chi connectivity index (χ0v) is 16.0. The number of aromatic nitrogens is 1. The summed E-state index contributed by atoms with van der Waals surface area (Å²) in [6, 6.07) is 17.9. The van der Waals surface area contributed by atoms with Crippen LogP contribution < -0.4 is 10.1 Å². The number of ether oxygens (including phenoxy) is 1. The smallest absolute Gasteiger partial charge is 0.263 e. The molecule has 0 fully saturated rings. The minimum Gasteiger partial charge on any atom is -0.497 e. The van der Waals surface area contributed by atoms with Crippen LogP contribution in [0.2, 0.25) is 0 Å². The van der Waals surface area contributed by atoms with E-state index < -0.39 is 0 Å². The van der Waals surface area contributed by atoms with Gasteiger partial charge in [-0.3, -0.25) is 4.79 Å². The molecule has 1 amide bonds. The lowest BCUT2D eigenvalue weighted by molar-refractivity contribution is 0.0955. The van der Waals surface area contributed by atoms with Gasteiger partial charge in [0.15, 0.2) is 0 Å². The van der Waals surface area contributed by atoms with Gasteiger partial charge in [-0.25, -0.2) is 4.98 Å². The normalized spacial score (nSPS) is 11.8. The third-order valence-corrected chi connectivity index (χ3v) is 5.48. The summed E-state index contributed by atoms with van der Waals surface area (Å²) in [5, 5.41) is 3.87. The molecule has 1 heterocycles. The molecule has 0 bridgehead atoms. The molecule has 134 valence electrons. The highest BCUT2D eigenvalue weighted by molar-refractivity contribution is 7.17. The lowest BCUT2D eigenvalue weighted by Crippen LogP contribution is -2.27. The molecule has 0 unspecified atom stereocenters. The Bertz CT molecular complexity index is 873. The van der Waals surface area contributed by atoms with Gasteiger partial charge in [0.25, 0.3) is 5.91 Å². The largest absolute Gasteiger partial charge is 0.497 e. The van der Waals surface area contributed by atoms with Gasteiger partial charge in [-0.15, -0.1) is 11.3 Å². The Kier molecular flexibility index (Phi) is 5.68. The minimum atomic E-state index is -0.0671. The minimum absolute atomic E-state index is 0.0671. The average Bonchev–Trinajstić information content (AvgIpc) is 3.08. The van der Waals surface area contributed by atoms with Crippen LogP contribution in [0.1, 0.15) is 33.8 Å². The van der Waals surface area contributed by atoms with Crippen molar-refractivity contribution >= 4 is 17.2 Å². The molecule has 0 aliphatic carbocycles. The molecule has 0 spiro atoms. The van der Waals surface area contributed by atoms with Gasteiger partial charge in [0.1, 0.15) is 15.6 Å². The fourth-order valence-electron chi connectivity index (χ4n) is 2.69. The van der Waals surface area contributed by atoms with Crippen molar-refractivity contribution in [2.24, 2.45) is 0 Å². The summed E-state index contributed by atoms with van der Waals surface area (Å²) < 4.78 is 5.18. The van der Waals surface area contributed by atoms with Gasteiger partial charge in [-0.2, -0.15) is 0 Å². The van der Waals surface area contributed by atoms with E-state index in [2.05, 4.69) is 29.4 Å². The van der Waals surface area contributed by atoms with Crippen molar-refractivity contribution in [3.05, 3.63) is 70.7 Å². The molecule has 1 N–H and O–H groups in total. The Balaban J connectivity index is 1.69. The third-order valence-electron chi connectivity index (χ3n) is 4.28. The molecule has 0 aliphatic heterocycles. The predicted molar refractivity (Wildman–Crippen MR) is 106 cm³/mol. The van der Waals surface area contributed by atoms with E-state index in [1.165, 1.54) is 16.9 Å². The third kappa shape index (κ3) is 4.11. The Morgan fingerprint density at radius 1 is 1.15 bits per heavy atom. The van der Waals surface area contributed by atoms with E-state index in [0.717, 1.165) is 22.0 Å². The van der Waals surface area contributed by atoms with Crippen LogP contribution in [0.15, 0.2) is 54.6 Å². The monoisotopic (exact) mass is 366 g/mol. The van der Waals surface area contributed by atoms with Crippen molar-refractivity contribution in [3.63, 3.8) is 0 Å². The summed E-state index contributed by atoms with van der Waals surface area (Å²) in [5.41, 5.74) is 2.95. The van der Waals surface area contributed by atoms with Gasteiger partial charge in [0.2, 0.25) is 0 Å². The maximum Gasteiger partial charge on any atom is 0.263 e. The summed E-state index contributed by atoms with van der Waals surface area (Å²) in [4.78, 5) is 17.8. The van der Waals surface area contributed by atoms with Gasteiger partial charge in [0, 0.05) is 12.1 Å². The van der Waals surface area contributed by atoms with Gasteiger partial charge in [0.05, 0.1) is 12.8 Å². The highest BCUT2D eigenvalue weighted by atomic mass is 32.1. The number of hydrogen-bond acceptors (Lipinski definition) is 4. The van der Waals surface area contributed by atoms with E-state index >= 15 is 0 Å². The number of methoxy groups -OCH3 is 1. The van der Waals surface area contributed by atoms with Crippen molar-refractivity contribution < 1.29 is 9.53 Å². The molecular formula is C21H22N2O2S. The van der Waals surface area contributed by atoms with Gasteiger partial charge >= 0.3 is 0 Å². The second-order valence-corrected chi connectivity index (χ2v) is 7.18. The first-order valence-electron chi connectivity index (χ1n) is 8.53. The number of amides is 1.